The van der Waals surface area contributed by atoms with E-state index in [0.29, 0.717) is 0 Å². The van der Waals surface area contributed by atoms with Gasteiger partial charge >= 0.3 is 0 Å². The van der Waals surface area contributed by atoms with E-state index in [0.717, 1.165) is 24.2 Å². The summed E-state index contributed by atoms with van der Waals surface area (Å²) in [5.74, 6) is 0. The number of aryl methyl sites for hydroxylation is 2. The van der Waals surface area contributed by atoms with Crippen LogP contribution in [-0.2, 0) is 29.3 Å². The fourth-order valence-electron chi connectivity index (χ4n) is 2.31. The van der Waals surface area contributed by atoms with Crippen LogP contribution in [0.4, 0.5) is 11.4 Å². The van der Waals surface area contributed by atoms with Gasteiger partial charge in [-0.2, -0.15) is 0 Å². The van der Waals surface area contributed by atoms with Crippen LogP contribution < -0.4 is 0 Å². The Morgan fingerprint density at radius 2 is 1.00 bits per heavy atom. The molecule has 0 saturated carbocycles. The van der Waals surface area contributed by atoms with Crippen LogP contribution in [0.25, 0.3) is 0 Å². The molecule has 0 aliphatic carbocycles. The van der Waals surface area contributed by atoms with E-state index in [9.17, 15) is 0 Å². The molecule has 0 heterocycles. The van der Waals surface area contributed by atoms with Crippen molar-refractivity contribution in [1.82, 2.24) is 0 Å². The molecule has 124 valence electrons. The molecule has 2 rings (SSSR count). The molecule has 0 fully saturated rings. The molecular formula is C20H24N2Ni. The zero-order valence-electron chi connectivity index (χ0n) is 13.8. The van der Waals surface area contributed by atoms with E-state index in [1.54, 1.807) is 12.4 Å². The number of nitrogens with zero attached hydrogens (tertiary/aromatic N) is 2. The normalized spacial score (nSPS) is 11.0. The molecule has 0 atom stereocenters. The molecule has 3 heteroatoms. The Bertz CT molecular complexity index is 556. The van der Waals surface area contributed by atoms with Crippen molar-refractivity contribution < 1.29 is 16.5 Å². The van der Waals surface area contributed by atoms with E-state index in [4.69, 9.17) is 0 Å². The van der Waals surface area contributed by atoms with Crippen LogP contribution in [0, 0.1) is 0 Å². The Kier molecular flexibility index (Phi) is 9.16. The van der Waals surface area contributed by atoms with Crippen LogP contribution >= 0.6 is 0 Å². The van der Waals surface area contributed by atoms with Gasteiger partial charge in [-0.1, -0.05) is 51.0 Å². The summed E-state index contributed by atoms with van der Waals surface area (Å²) in [6.45, 7) is 4.38. The van der Waals surface area contributed by atoms with E-state index in [2.05, 4.69) is 72.4 Å². The molecule has 0 saturated heterocycles. The molecule has 0 aromatic heterocycles. The van der Waals surface area contributed by atoms with E-state index >= 15 is 0 Å². The van der Waals surface area contributed by atoms with E-state index in [1.807, 2.05) is 0 Å². The number of hydrogen-bond acceptors (Lipinski definition) is 2. The topological polar surface area (TPSA) is 24.7 Å². The standard InChI is InChI=1S/C20H24N2.Ni/c1-3-5-17-7-11-19(12-8-17)21-15-16-22-20-13-9-18(6-4-2)10-14-20;/h7-16H,3-6H2,1-2H3;. The molecule has 0 spiro atoms. The number of hydrogen-bond donors (Lipinski definition) is 0. The van der Waals surface area contributed by atoms with Gasteiger partial charge < -0.3 is 0 Å². The number of rotatable bonds is 7. The zero-order valence-corrected chi connectivity index (χ0v) is 14.8. The van der Waals surface area contributed by atoms with Gasteiger partial charge in [0.2, 0.25) is 0 Å². The molecule has 0 unspecified atom stereocenters. The zero-order chi connectivity index (χ0) is 15.6. The van der Waals surface area contributed by atoms with Gasteiger partial charge in [0.15, 0.2) is 0 Å². The van der Waals surface area contributed by atoms with Crippen LogP contribution in [0.15, 0.2) is 58.5 Å². The van der Waals surface area contributed by atoms with Crippen molar-refractivity contribution in [2.24, 2.45) is 9.98 Å². The Hall–Kier alpha value is -1.73. The van der Waals surface area contributed by atoms with Gasteiger partial charge in [-0.25, -0.2) is 0 Å². The van der Waals surface area contributed by atoms with Crippen molar-refractivity contribution in [2.75, 3.05) is 0 Å². The minimum absolute atomic E-state index is 0. The monoisotopic (exact) mass is 350 g/mol. The second kappa shape index (κ2) is 10.9. The van der Waals surface area contributed by atoms with Crippen molar-refractivity contribution in [1.29, 1.82) is 0 Å². The van der Waals surface area contributed by atoms with Crippen molar-refractivity contribution in [2.45, 2.75) is 39.5 Å². The van der Waals surface area contributed by atoms with Gasteiger partial charge in [-0.05, 0) is 48.2 Å². The summed E-state index contributed by atoms with van der Waals surface area (Å²) in [6, 6.07) is 16.8. The molecule has 0 bridgehead atoms. The second-order valence-electron chi connectivity index (χ2n) is 5.39. The van der Waals surface area contributed by atoms with Crippen LogP contribution in [0.1, 0.15) is 37.8 Å². The van der Waals surface area contributed by atoms with Gasteiger partial charge in [0, 0.05) is 28.9 Å². The maximum absolute atomic E-state index is 4.40. The van der Waals surface area contributed by atoms with Crippen molar-refractivity contribution >= 4 is 23.8 Å². The maximum Gasteiger partial charge on any atom is 0.0630 e. The summed E-state index contributed by atoms with van der Waals surface area (Å²) in [5, 5.41) is 0. The van der Waals surface area contributed by atoms with Crippen LogP contribution in [0.3, 0.4) is 0 Å². The van der Waals surface area contributed by atoms with E-state index in [1.165, 1.54) is 24.0 Å². The summed E-state index contributed by atoms with van der Waals surface area (Å²) < 4.78 is 0. The first-order chi connectivity index (χ1) is 10.8. The minimum Gasteiger partial charge on any atom is -0.255 e. The molecular weight excluding hydrogens is 327 g/mol. The van der Waals surface area contributed by atoms with Crippen LogP contribution in [0.5, 0.6) is 0 Å². The van der Waals surface area contributed by atoms with Gasteiger partial charge in [0.1, 0.15) is 0 Å². The third-order valence-electron chi connectivity index (χ3n) is 3.46. The van der Waals surface area contributed by atoms with Crippen LogP contribution in [0.2, 0.25) is 0 Å². The minimum atomic E-state index is 0. The maximum atomic E-state index is 4.40. The molecule has 0 amide bonds. The molecule has 2 nitrogen and oxygen atoms in total. The van der Waals surface area contributed by atoms with Gasteiger partial charge in [-0.15, -0.1) is 0 Å². The predicted octanol–water partition coefficient (Wildman–Crippen LogP) is 5.69. The Balaban J connectivity index is 0.00000264. The predicted molar refractivity (Wildman–Crippen MR) is 97.2 cm³/mol. The van der Waals surface area contributed by atoms with Crippen molar-refractivity contribution in [3.8, 4) is 0 Å². The summed E-state index contributed by atoms with van der Waals surface area (Å²) in [6.07, 6.45) is 8.08. The average Bonchev–Trinajstić information content (AvgIpc) is 2.55. The first-order valence-corrected chi connectivity index (χ1v) is 8.06. The fourth-order valence-corrected chi connectivity index (χ4v) is 2.31. The summed E-state index contributed by atoms with van der Waals surface area (Å²) >= 11 is 0. The first kappa shape index (κ1) is 19.3. The van der Waals surface area contributed by atoms with Gasteiger partial charge in [-0.3, -0.25) is 9.98 Å². The molecule has 0 radical (unpaired) electrons. The largest absolute Gasteiger partial charge is 0.255 e. The smallest absolute Gasteiger partial charge is 0.0630 e. The molecule has 2 aromatic carbocycles. The third-order valence-corrected chi connectivity index (χ3v) is 3.46. The SMILES string of the molecule is CCCc1ccc(N=CC=Nc2ccc(CCC)cc2)cc1.[Ni]. The van der Waals surface area contributed by atoms with Crippen molar-refractivity contribution in [3.63, 3.8) is 0 Å². The molecule has 23 heavy (non-hydrogen) atoms. The van der Waals surface area contributed by atoms with Gasteiger partial charge in [0.05, 0.1) is 11.4 Å². The average molecular weight is 351 g/mol. The fraction of sp³-hybridized carbons (Fsp3) is 0.300. The van der Waals surface area contributed by atoms with Crippen LogP contribution in [-0.4, -0.2) is 12.4 Å². The third kappa shape index (κ3) is 6.92. The number of aliphatic imine (C=N–C) groups is 2. The quantitative estimate of drug-likeness (QED) is 0.452. The molecule has 2 aromatic rings. The van der Waals surface area contributed by atoms with Gasteiger partial charge in [0.25, 0.3) is 0 Å². The summed E-state index contributed by atoms with van der Waals surface area (Å²) in [5.41, 5.74) is 4.65. The van der Waals surface area contributed by atoms with Crippen molar-refractivity contribution in [3.05, 3.63) is 59.7 Å². The number of benzene rings is 2. The Morgan fingerprint density at radius 1 is 0.652 bits per heavy atom. The summed E-state index contributed by atoms with van der Waals surface area (Å²) in [4.78, 5) is 8.79. The molecule has 0 N–H and O–H groups in total. The molecule has 0 aliphatic rings. The summed E-state index contributed by atoms with van der Waals surface area (Å²) in [7, 11) is 0. The Labute approximate surface area is 149 Å². The Morgan fingerprint density at radius 3 is 1.30 bits per heavy atom. The second-order valence-corrected chi connectivity index (χ2v) is 5.39. The van der Waals surface area contributed by atoms with E-state index < -0.39 is 0 Å². The van der Waals surface area contributed by atoms with E-state index in [-0.39, 0.29) is 16.5 Å². The molecule has 0 aliphatic heterocycles. The first-order valence-electron chi connectivity index (χ1n) is 8.06.